The molecule has 0 atom stereocenters. The van der Waals surface area contributed by atoms with Crippen LogP contribution in [0.5, 0.6) is 5.88 Å². The van der Waals surface area contributed by atoms with Crippen LogP contribution in [-0.2, 0) is 4.74 Å². The second-order valence-electron chi connectivity index (χ2n) is 3.80. The third-order valence-electron chi connectivity index (χ3n) is 2.59. The molecule has 0 aliphatic carbocycles. The molecule has 17 heavy (non-hydrogen) atoms. The Balaban J connectivity index is 2.06. The summed E-state index contributed by atoms with van der Waals surface area (Å²) in [7, 11) is 0. The molecule has 1 N–H and O–H groups in total. The van der Waals surface area contributed by atoms with Crippen LogP contribution in [0, 0.1) is 6.92 Å². The van der Waals surface area contributed by atoms with E-state index in [-0.39, 0.29) is 0 Å². The zero-order valence-electron chi connectivity index (χ0n) is 10.3. The summed E-state index contributed by atoms with van der Waals surface area (Å²) in [6, 6.07) is 0. The van der Waals surface area contributed by atoms with Crippen LogP contribution in [0.2, 0.25) is 0 Å². The molecule has 2 heterocycles. The maximum Gasteiger partial charge on any atom is 0.221 e. The van der Waals surface area contributed by atoms with Gasteiger partial charge in [0.25, 0.3) is 0 Å². The van der Waals surface area contributed by atoms with E-state index in [1.807, 2.05) is 13.8 Å². The molecule has 1 saturated heterocycles. The van der Waals surface area contributed by atoms with E-state index in [1.165, 1.54) is 6.33 Å². The van der Waals surface area contributed by atoms with Gasteiger partial charge < -0.3 is 14.9 Å². The zero-order valence-corrected chi connectivity index (χ0v) is 10.3. The Hall–Kier alpha value is -1.40. The summed E-state index contributed by atoms with van der Waals surface area (Å²) in [4.78, 5) is 8.34. The second-order valence-corrected chi connectivity index (χ2v) is 3.80. The first-order valence-corrected chi connectivity index (χ1v) is 5.85. The van der Waals surface area contributed by atoms with Gasteiger partial charge in [-0.2, -0.15) is 0 Å². The first kappa shape index (κ1) is 12.1. The van der Waals surface area contributed by atoms with Gasteiger partial charge in [-0.1, -0.05) is 0 Å². The standard InChI is InChI=1S/C11H18N4O2/c1-3-17-11-9(2)10(12-8-13-11)14-15-4-6-16-7-5-15/h8H,3-7H2,1-2H3,(H,12,13,14). The molecule has 0 saturated carbocycles. The predicted molar refractivity (Wildman–Crippen MR) is 64.0 cm³/mol. The summed E-state index contributed by atoms with van der Waals surface area (Å²) in [5.41, 5.74) is 4.20. The van der Waals surface area contributed by atoms with E-state index in [4.69, 9.17) is 9.47 Å². The number of hydrogen-bond donors (Lipinski definition) is 1. The van der Waals surface area contributed by atoms with E-state index in [2.05, 4.69) is 20.4 Å². The first-order valence-electron chi connectivity index (χ1n) is 5.85. The molecule has 1 aliphatic rings. The van der Waals surface area contributed by atoms with Crippen molar-refractivity contribution in [2.24, 2.45) is 0 Å². The lowest BCUT2D eigenvalue weighted by Crippen LogP contribution is -2.40. The van der Waals surface area contributed by atoms with E-state index in [0.29, 0.717) is 12.5 Å². The van der Waals surface area contributed by atoms with Crippen molar-refractivity contribution >= 4 is 5.82 Å². The minimum atomic E-state index is 0.606. The van der Waals surface area contributed by atoms with Gasteiger partial charge >= 0.3 is 0 Å². The van der Waals surface area contributed by atoms with E-state index in [9.17, 15) is 0 Å². The molecule has 0 bridgehead atoms. The van der Waals surface area contributed by atoms with Gasteiger partial charge in [-0.25, -0.2) is 15.0 Å². The molecule has 2 rings (SSSR count). The van der Waals surface area contributed by atoms with Crippen molar-refractivity contribution in [3.63, 3.8) is 0 Å². The Morgan fingerprint density at radius 2 is 2.18 bits per heavy atom. The average Bonchev–Trinajstić information content (AvgIpc) is 2.36. The number of anilines is 1. The lowest BCUT2D eigenvalue weighted by molar-refractivity contribution is 0.0494. The summed E-state index contributed by atoms with van der Waals surface area (Å²) in [6.07, 6.45) is 1.51. The van der Waals surface area contributed by atoms with Crippen LogP contribution in [0.3, 0.4) is 0 Å². The number of aromatic nitrogens is 2. The number of rotatable bonds is 4. The molecular weight excluding hydrogens is 220 g/mol. The molecule has 1 aromatic heterocycles. The summed E-state index contributed by atoms with van der Waals surface area (Å²) in [6.45, 7) is 7.70. The van der Waals surface area contributed by atoms with E-state index in [0.717, 1.165) is 37.7 Å². The van der Waals surface area contributed by atoms with E-state index in [1.54, 1.807) is 0 Å². The molecule has 6 heteroatoms. The Bertz CT molecular complexity index is 366. The molecule has 0 aromatic carbocycles. The monoisotopic (exact) mass is 238 g/mol. The van der Waals surface area contributed by atoms with Gasteiger partial charge in [0.1, 0.15) is 6.33 Å². The summed E-state index contributed by atoms with van der Waals surface area (Å²) in [5, 5.41) is 2.09. The molecule has 1 aliphatic heterocycles. The maximum absolute atomic E-state index is 5.43. The number of hydrazine groups is 1. The Morgan fingerprint density at radius 1 is 1.41 bits per heavy atom. The molecule has 0 radical (unpaired) electrons. The fraction of sp³-hybridized carbons (Fsp3) is 0.636. The van der Waals surface area contributed by atoms with Crippen molar-refractivity contribution in [1.29, 1.82) is 0 Å². The van der Waals surface area contributed by atoms with Crippen molar-refractivity contribution in [1.82, 2.24) is 15.0 Å². The van der Waals surface area contributed by atoms with Crippen molar-refractivity contribution in [3.8, 4) is 5.88 Å². The van der Waals surface area contributed by atoms with Crippen molar-refractivity contribution < 1.29 is 9.47 Å². The van der Waals surface area contributed by atoms with Crippen LogP contribution in [0.4, 0.5) is 5.82 Å². The quantitative estimate of drug-likeness (QED) is 0.839. The topological polar surface area (TPSA) is 59.5 Å². The lowest BCUT2D eigenvalue weighted by atomic mass is 10.3. The summed E-state index contributed by atoms with van der Waals surface area (Å²) >= 11 is 0. The third-order valence-corrected chi connectivity index (χ3v) is 2.59. The van der Waals surface area contributed by atoms with Gasteiger partial charge in [-0.15, -0.1) is 0 Å². The molecule has 0 amide bonds. The van der Waals surface area contributed by atoms with Gasteiger partial charge in [0.2, 0.25) is 5.88 Å². The van der Waals surface area contributed by atoms with Crippen LogP contribution in [0.25, 0.3) is 0 Å². The van der Waals surface area contributed by atoms with Crippen LogP contribution < -0.4 is 10.2 Å². The Kier molecular flexibility index (Phi) is 4.11. The van der Waals surface area contributed by atoms with E-state index >= 15 is 0 Å². The number of morpholine rings is 1. The number of ether oxygens (including phenoxy) is 2. The van der Waals surface area contributed by atoms with Crippen LogP contribution in [0.15, 0.2) is 6.33 Å². The second kappa shape index (κ2) is 5.79. The molecule has 0 unspecified atom stereocenters. The summed E-state index contributed by atoms with van der Waals surface area (Å²) < 4.78 is 10.7. The van der Waals surface area contributed by atoms with Gasteiger partial charge in [0.05, 0.1) is 25.4 Å². The molecule has 1 aromatic rings. The normalized spacial score (nSPS) is 16.8. The highest BCUT2D eigenvalue weighted by Gasteiger charge is 2.13. The van der Waals surface area contributed by atoms with Gasteiger partial charge in [-0.3, -0.25) is 0 Å². The highest BCUT2D eigenvalue weighted by molar-refractivity contribution is 5.46. The Morgan fingerprint density at radius 3 is 2.88 bits per heavy atom. The predicted octanol–water partition coefficient (Wildman–Crippen LogP) is 0.843. The van der Waals surface area contributed by atoms with Crippen LogP contribution >= 0.6 is 0 Å². The molecular formula is C11H18N4O2. The van der Waals surface area contributed by atoms with E-state index < -0.39 is 0 Å². The number of nitrogens with one attached hydrogen (secondary N) is 1. The van der Waals surface area contributed by atoms with Crippen molar-refractivity contribution in [3.05, 3.63) is 11.9 Å². The molecule has 6 nitrogen and oxygen atoms in total. The smallest absolute Gasteiger partial charge is 0.221 e. The minimum absolute atomic E-state index is 0.606. The van der Waals surface area contributed by atoms with Crippen molar-refractivity contribution in [2.45, 2.75) is 13.8 Å². The highest BCUT2D eigenvalue weighted by atomic mass is 16.5. The van der Waals surface area contributed by atoms with Gasteiger partial charge in [-0.05, 0) is 13.8 Å². The van der Waals surface area contributed by atoms with Crippen molar-refractivity contribution in [2.75, 3.05) is 38.3 Å². The minimum Gasteiger partial charge on any atom is -0.478 e. The third kappa shape index (κ3) is 3.04. The Labute approximate surface area is 101 Å². The average molecular weight is 238 g/mol. The van der Waals surface area contributed by atoms with Crippen LogP contribution in [0.1, 0.15) is 12.5 Å². The largest absolute Gasteiger partial charge is 0.478 e. The molecule has 1 fully saturated rings. The zero-order chi connectivity index (χ0) is 12.1. The number of nitrogens with zero attached hydrogens (tertiary/aromatic N) is 3. The van der Waals surface area contributed by atoms with Gasteiger partial charge in [0.15, 0.2) is 5.82 Å². The van der Waals surface area contributed by atoms with Crippen LogP contribution in [-0.4, -0.2) is 47.9 Å². The molecule has 0 spiro atoms. The molecule has 94 valence electrons. The summed E-state index contributed by atoms with van der Waals surface area (Å²) in [5.74, 6) is 1.43. The SMILES string of the molecule is CCOc1ncnc(NN2CCOCC2)c1C. The lowest BCUT2D eigenvalue weighted by Gasteiger charge is -2.28. The van der Waals surface area contributed by atoms with Gasteiger partial charge in [0, 0.05) is 13.1 Å². The highest BCUT2D eigenvalue weighted by Crippen LogP contribution is 2.20. The first-order chi connectivity index (χ1) is 8.31. The fourth-order valence-corrected chi connectivity index (χ4v) is 1.65. The number of hydrogen-bond acceptors (Lipinski definition) is 6. The fourth-order valence-electron chi connectivity index (χ4n) is 1.65. The maximum atomic E-state index is 5.43.